The van der Waals surface area contributed by atoms with Crippen LogP contribution in [-0.2, 0) is 22.9 Å². The van der Waals surface area contributed by atoms with E-state index in [1.165, 1.54) is 16.9 Å². The summed E-state index contributed by atoms with van der Waals surface area (Å²) >= 11 is 1.29. The van der Waals surface area contributed by atoms with Crippen LogP contribution in [0.1, 0.15) is 17.5 Å². The number of hydrogen-bond acceptors (Lipinski definition) is 5. The Morgan fingerprint density at radius 3 is 2.79 bits per heavy atom. The van der Waals surface area contributed by atoms with Crippen molar-refractivity contribution in [3.05, 3.63) is 47.5 Å². The fourth-order valence-electron chi connectivity index (χ4n) is 2.96. The zero-order chi connectivity index (χ0) is 16.7. The first kappa shape index (κ1) is 15.4. The first-order valence-electron chi connectivity index (χ1n) is 7.64. The van der Waals surface area contributed by atoms with Crippen molar-refractivity contribution in [3.63, 3.8) is 0 Å². The first-order chi connectivity index (χ1) is 11.5. The number of nitrogens with zero attached hydrogens (tertiary/aromatic N) is 1. The molecule has 1 heterocycles. The van der Waals surface area contributed by atoms with E-state index in [4.69, 9.17) is 4.74 Å². The van der Waals surface area contributed by atoms with Crippen molar-refractivity contribution in [2.24, 2.45) is 0 Å². The number of aryl methyl sites for hydroxylation is 2. The van der Waals surface area contributed by atoms with E-state index in [0.29, 0.717) is 10.0 Å². The quantitative estimate of drug-likeness (QED) is 0.772. The standard InChI is InChI=1S/C17H16N2O3S2/c1-22-13-6-8-15-16(10-13)23-17(18-15)19-24(20,21)14-7-5-11-3-2-4-12(11)9-14/h5-10H,2-4H2,1H3,(H,18,19). The second kappa shape index (κ2) is 5.75. The molecule has 124 valence electrons. The lowest BCUT2D eigenvalue weighted by atomic mass is 10.1. The molecule has 0 atom stereocenters. The first-order valence-corrected chi connectivity index (χ1v) is 9.94. The number of nitrogens with one attached hydrogen (secondary N) is 1. The highest BCUT2D eigenvalue weighted by molar-refractivity contribution is 7.93. The molecular weight excluding hydrogens is 344 g/mol. The molecule has 3 aromatic rings. The Morgan fingerprint density at radius 1 is 1.12 bits per heavy atom. The van der Waals surface area contributed by atoms with E-state index >= 15 is 0 Å². The molecule has 0 saturated carbocycles. The van der Waals surface area contributed by atoms with Crippen molar-refractivity contribution in [2.75, 3.05) is 11.8 Å². The molecule has 4 rings (SSSR count). The highest BCUT2D eigenvalue weighted by Crippen LogP contribution is 2.31. The Bertz CT molecular complexity index is 1030. The Labute approximate surface area is 144 Å². The predicted molar refractivity (Wildman–Crippen MR) is 95.4 cm³/mol. The van der Waals surface area contributed by atoms with Gasteiger partial charge in [0.25, 0.3) is 10.0 Å². The van der Waals surface area contributed by atoms with Crippen molar-refractivity contribution in [3.8, 4) is 5.75 Å². The van der Waals surface area contributed by atoms with Crippen LogP contribution < -0.4 is 9.46 Å². The van der Waals surface area contributed by atoms with Gasteiger partial charge in [-0.05, 0) is 60.7 Å². The van der Waals surface area contributed by atoms with Gasteiger partial charge < -0.3 is 4.74 Å². The average molecular weight is 360 g/mol. The smallest absolute Gasteiger partial charge is 0.263 e. The van der Waals surface area contributed by atoms with Gasteiger partial charge in [0.1, 0.15) is 5.75 Å². The van der Waals surface area contributed by atoms with Gasteiger partial charge in [-0.25, -0.2) is 13.4 Å². The largest absolute Gasteiger partial charge is 0.497 e. The molecule has 24 heavy (non-hydrogen) atoms. The highest BCUT2D eigenvalue weighted by atomic mass is 32.2. The third-order valence-electron chi connectivity index (χ3n) is 4.20. The molecule has 0 unspecified atom stereocenters. The molecule has 1 aliphatic carbocycles. The summed E-state index contributed by atoms with van der Waals surface area (Å²) in [6.07, 6.45) is 3.06. The molecule has 0 fully saturated rings. The van der Waals surface area contributed by atoms with Gasteiger partial charge in [-0.15, -0.1) is 0 Å². The molecule has 0 amide bonds. The molecule has 0 bridgehead atoms. The van der Waals surface area contributed by atoms with Crippen LogP contribution in [0.5, 0.6) is 5.75 Å². The minimum atomic E-state index is -3.63. The summed E-state index contributed by atoms with van der Waals surface area (Å²) in [5, 5.41) is 0.360. The molecule has 5 nitrogen and oxygen atoms in total. The molecule has 1 aromatic heterocycles. The van der Waals surface area contributed by atoms with Crippen molar-refractivity contribution in [1.29, 1.82) is 0 Å². The van der Waals surface area contributed by atoms with E-state index in [-0.39, 0.29) is 0 Å². The molecule has 1 N–H and O–H groups in total. The van der Waals surface area contributed by atoms with Crippen molar-refractivity contribution in [2.45, 2.75) is 24.2 Å². The Hall–Kier alpha value is -2.12. The van der Waals surface area contributed by atoms with E-state index in [1.54, 1.807) is 25.3 Å². The molecule has 1 aliphatic rings. The van der Waals surface area contributed by atoms with E-state index in [9.17, 15) is 8.42 Å². The second-order valence-corrected chi connectivity index (χ2v) is 8.46. The van der Waals surface area contributed by atoms with E-state index in [0.717, 1.165) is 40.8 Å². The number of hydrogen-bond donors (Lipinski definition) is 1. The maximum atomic E-state index is 12.6. The number of thiazole rings is 1. The van der Waals surface area contributed by atoms with Crippen LogP contribution in [0, 0.1) is 0 Å². The van der Waals surface area contributed by atoms with Crippen molar-refractivity contribution >= 4 is 36.7 Å². The molecular formula is C17H16N2O3S2. The van der Waals surface area contributed by atoms with Crippen molar-refractivity contribution < 1.29 is 13.2 Å². The third-order valence-corrected chi connectivity index (χ3v) is 6.60. The van der Waals surface area contributed by atoms with E-state index in [1.807, 2.05) is 18.2 Å². The molecule has 0 spiro atoms. The average Bonchev–Trinajstić information content (AvgIpc) is 3.18. The number of aromatic nitrogens is 1. The van der Waals surface area contributed by atoms with Gasteiger partial charge in [-0.2, -0.15) is 0 Å². The third kappa shape index (κ3) is 2.74. The lowest BCUT2D eigenvalue weighted by Crippen LogP contribution is -2.13. The topological polar surface area (TPSA) is 68.3 Å². The molecule has 0 saturated heterocycles. The number of anilines is 1. The summed E-state index contributed by atoms with van der Waals surface area (Å²) in [4.78, 5) is 4.64. The Kier molecular flexibility index (Phi) is 3.69. The summed E-state index contributed by atoms with van der Waals surface area (Å²) in [6, 6.07) is 10.8. The van der Waals surface area contributed by atoms with Gasteiger partial charge in [-0.1, -0.05) is 17.4 Å². The SMILES string of the molecule is COc1ccc2nc(NS(=O)(=O)c3ccc4c(c3)CCC4)sc2c1. The summed E-state index contributed by atoms with van der Waals surface area (Å²) in [7, 11) is -2.03. The van der Waals surface area contributed by atoms with Crippen LogP contribution in [0.25, 0.3) is 10.2 Å². The lowest BCUT2D eigenvalue weighted by Gasteiger charge is -2.07. The highest BCUT2D eigenvalue weighted by Gasteiger charge is 2.20. The van der Waals surface area contributed by atoms with Crippen LogP contribution in [0.15, 0.2) is 41.3 Å². The summed E-state index contributed by atoms with van der Waals surface area (Å²) < 4.78 is 33.9. The minimum absolute atomic E-state index is 0.292. The Morgan fingerprint density at radius 2 is 1.96 bits per heavy atom. The summed E-state index contributed by atoms with van der Waals surface area (Å²) in [5.41, 5.74) is 3.13. The lowest BCUT2D eigenvalue weighted by molar-refractivity contribution is 0.415. The van der Waals surface area contributed by atoms with Gasteiger partial charge in [0.15, 0.2) is 5.13 Å². The number of rotatable bonds is 4. The zero-order valence-electron chi connectivity index (χ0n) is 13.1. The maximum absolute atomic E-state index is 12.6. The Balaban J connectivity index is 1.66. The van der Waals surface area contributed by atoms with Gasteiger partial charge in [0, 0.05) is 0 Å². The van der Waals surface area contributed by atoms with Crippen LogP contribution in [0.2, 0.25) is 0 Å². The number of benzene rings is 2. The zero-order valence-corrected chi connectivity index (χ0v) is 14.7. The van der Waals surface area contributed by atoms with Crippen LogP contribution in [-0.4, -0.2) is 20.5 Å². The fraction of sp³-hybridized carbons (Fsp3) is 0.235. The number of methoxy groups -OCH3 is 1. The monoisotopic (exact) mass is 360 g/mol. The number of fused-ring (bicyclic) bond motifs is 2. The van der Waals surface area contributed by atoms with Crippen LogP contribution >= 0.6 is 11.3 Å². The number of ether oxygens (including phenoxy) is 1. The molecule has 0 aliphatic heterocycles. The van der Waals surface area contributed by atoms with Gasteiger partial charge in [0.05, 0.1) is 22.2 Å². The fourth-order valence-corrected chi connectivity index (χ4v) is 5.14. The molecule has 0 radical (unpaired) electrons. The van der Waals surface area contributed by atoms with Gasteiger partial charge in [-0.3, -0.25) is 4.72 Å². The molecule has 7 heteroatoms. The maximum Gasteiger partial charge on any atom is 0.263 e. The summed E-state index contributed by atoms with van der Waals surface area (Å²) in [6.45, 7) is 0. The second-order valence-electron chi connectivity index (χ2n) is 5.74. The van der Waals surface area contributed by atoms with Gasteiger partial charge >= 0.3 is 0 Å². The van der Waals surface area contributed by atoms with E-state index < -0.39 is 10.0 Å². The summed E-state index contributed by atoms with van der Waals surface area (Å²) in [5.74, 6) is 0.721. The minimum Gasteiger partial charge on any atom is -0.497 e. The van der Waals surface area contributed by atoms with Crippen molar-refractivity contribution in [1.82, 2.24) is 4.98 Å². The number of sulfonamides is 1. The normalized spacial score (nSPS) is 13.9. The van der Waals surface area contributed by atoms with Gasteiger partial charge in [0.2, 0.25) is 0 Å². The predicted octanol–water partition coefficient (Wildman–Crippen LogP) is 3.59. The van der Waals surface area contributed by atoms with Crippen LogP contribution in [0.4, 0.5) is 5.13 Å². The van der Waals surface area contributed by atoms with Crippen LogP contribution in [0.3, 0.4) is 0 Å². The molecule has 2 aromatic carbocycles. The van der Waals surface area contributed by atoms with E-state index in [2.05, 4.69) is 9.71 Å².